The van der Waals surface area contributed by atoms with Gasteiger partial charge < -0.3 is 24.5 Å². The molecule has 0 aliphatic carbocycles. The second-order valence-electron chi connectivity index (χ2n) is 6.55. The Morgan fingerprint density at radius 2 is 2.06 bits per heavy atom. The number of halogens is 1. The van der Waals surface area contributed by atoms with E-state index in [9.17, 15) is 14.0 Å². The Hall–Kier alpha value is -3.98. The number of Topliss-reactive ketones (excluding diaryl/α,β-unsaturated/α-hetero) is 1. The van der Waals surface area contributed by atoms with Crippen LogP contribution in [0, 0.1) is 5.82 Å². The van der Waals surface area contributed by atoms with Crippen LogP contribution in [0.1, 0.15) is 5.56 Å². The quantitative estimate of drug-likeness (QED) is 0.260. The van der Waals surface area contributed by atoms with Crippen LogP contribution in [0.25, 0.3) is 17.1 Å². The fraction of sp³-hybridized carbons (Fsp3) is 0.136. The number of allylic oxidation sites excluding steroid dienone is 1. The third-order valence-electron chi connectivity index (χ3n) is 4.49. The van der Waals surface area contributed by atoms with Crippen molar-refractivity contribution in [3.05, 3.63) is 77.4 Å². The van der Waals surface area contributed by atoms with Crippen molar-refractivity contribution in [1.82, 2.24) is 9.97 Å². The lowest BCUT2D eigenvalue weighted by atomic mass is 10.1. The highest BCUT2D eigenvalue weighted by molar-refractivity contribution is 6.26. The molecule has 9 heteroatoms. The first kappa shape index (κ1) is 20.3. The monoisotopic (exact) mass is 423 g/mol. The molecule has 158 valence electrons. The first-order valence-corrected chi connectivity index (χ1v) is 9.36. The molecule has 0 bridgehead atoms. The topological polar surface area (TPSA) is 103 Å². The number of benzene rings is 1. The van der Waals surface area contributed by atoms with Gasteiger partial charge in [-0.05, 0) is 42.5 Å². The number of nitrogens with one attached hydrogen (secondary N) is 2. The van der Waals surface area contributed by atoms with Crippen LogP contribution in [0.4, 0.5) is 10.1 Å². The number of rotatable bonds is 7. The fourth-order valence-corrected chi connectivity index (χ4v) is 2.99. The maximum Gasteiger partial charge on any atom is 0.347 e. The van der Waals surface area contributed by atoms with Crippen molar-refractivity contribution in [2.75, 3.05) is 25.6 Å². The van der Waals surface area contributed by atoms with Crippen LogP contribution in [-0.4, -0.2) is 42.0 Å². The van der Waals surface area contributed by atoms with Crippen molar-refractivity contribution < 1.29 is 28.2 Å². The molecule has 2 aromatic heterocycles. The maximum absolute atomic E-state index is 13.2. The standard InChI is InChI=1S/C22H18FN3O5/c1-29-9-10-30-22(28)18-19(27)17(11-13-12-25-20-16(13)3-2-8-24-20)31-21(18)26-15-6-4-14(23)5-7-15/h2-8,11-12,26H,9-10H2,1H3,(H,24,25)/b17-11-. The summed E-state index contributed by atoms with van der Waals surface area (Å²) in [5.41, 5.74) is 1.46. The minimum absolute atomic E-state index is 0.0247. The van der Waals surface area contributed by atoms with E-state index in [1.807, 2.05) is 6.07 Å². The Labute approximate surface area is 176 Å². The number of hydrogen-bond acceptors (Lipinski definition) is 7. The molecule has 2 N–H and O–H groups in total. The molecule has 0 atom stereocenters. The van der Waals surface area contributed by atoms with Gasteiger partial charge >= 0.3 is 5.97 Å². The van der Waals surface area contributed by atoms with Gasteiger partial charge in [0.2, 0.25) is 11.7 Å². The Kier molecular flexibility index (Phi) is 5.76. The highest BCUT2D eigenvalue weighted by Crippen LogP contribution is 2.30. The molecule has 0 saturated heterocycles. The molecule has 1 aliphatic rings. The van der Waals surface area contributed by atoms with E-state index in [1.54, 1.807) is 18.5 Å². The van der Waals surface area contributed by atoms with Crippen molar-refractivity contribution in [2.24, 2.45) is 0 Å². The normalized spacial score (nSPS) is 14.9. The molecule has 1 aromatic carbocycles. The van der Waals surface area contributed by atoms with E-state index in [2.05, 4.69) is 15.3 Å². The first-order chi connectivity index (χ1) is 15.1. The number of aromatic nitrogens is 2. The summed E-state index contributed by atoms with van der Waals surface area (Å²) in [6, 6.07) is 9.01. The van der Waals surface area contributed by atoms with Gasteiger partial charge in [0, 0.05) is 36.1 Å². The van der Waals surface area contributed by atoms with Crippen molar-refractivity contribution >= 4 is 34.5 Å². The molecule has 31 heavy (non-hydrogen) atoms. The van der Waals surface area contributed by atoms with E-state index in [4.69, 9.17) is 14.2 Å². The fourth-order valence-electron chi connectivity index (χ4n) is 2.99. The summed E-state index contributed by atoms with van der Waals surface area (Å²) in [4.78, 5) is 32.8. The summed E-state index contributed by atoms with van der Waals surface area (Å²) in [7, 11) is 1.47. The smallest absolute Gasteiger partial charge is 0.347 e. The number of H-pyrrole nitrogens is 1. The van der Waals surface area contributed by atoms with Gasteiger partial charge in [-0.15, -0.1) is 0 Å². The van der Waals surface area contributed by atoms with Gasteiger partial charge in [0.1, 0.15) is 18.1 Å². The van der Waals surface area contributed by atoms with E-state index >= 15 is 0 Å². The Bertz CT molecular complexity index is 1200. The third-order valence-corrected chi connectivity index (χ3v) is 4.49. The van der Waals surface area contributed by atoms with Crippen molar-refractivity contribution in [2.45, 2.75) is 0 Å². The van der Waals surface area contributed by atoms with Crippen LogP contribution in [-0.2, 0) is 23.8 Å². The molecule has 0 spiro atoms. The zero-order chi connectivity index (χ0) is 21.8. The van der Waals surface area contributed by atoms with Gasteiger partial charge in [0.05, 0.1) is 6.61 Å². The predicted molar refractivity (Wildman–Crippen MR) is 110 cm³/mol. The van der Waals surface area contributed by atoms with E-state index in [1.165, 1.54) is 37.5 Å². The van der Waals surface area contributed by atoms with Gasteiger partial charge in [-0.1, -0.05) is 0 Å². The first-order valence-electron chi connectivity index (χ1n) is 9.36. The Balaban J connectivity index is 1.66. The zero-order valence-corrected chi connectivity index (χ0v) is 16.5. The van der Waals surface area contributed by atoms with Crippen molar-refractivity contribution in [3.8, 4) is 0 Å². The van der Waals surface area contributed by atoms with Crippen molar-refractivity contribution in [3.63, 3.8) is 0 Å². The van der Waals surface area contributed by atoms with Crippen LogP contribution in [0.15, 0.2) is 66.0 Å². The summed E-state index contributed by atoms with van der Waals surface area (Å²) in [5.74, 6) is -2.06. The average molecular weight is 423 g/mol. The molecule has 0 fully saturated rings. The Morgan fingerprint density at radius 1 is 1.26 bits per heavy atom. The number of ether oxygens (including phenoxy) is 3. The number of carbonyl (C=O) groups is 2. The molecule has 0 amide bonds. The molecular formula is C22H18FN3O5. The molecule has 3 aromatic rings. The van der Waals surface area contributed by atoms with Crippen molar-refractivity contribution in [1.29, 1.82) is 0 Å². The van der Waals surface area contributed by atoms with Crippen LogP contribution in [0.2, 0.25) is 0 Å². The van der Waals surface area contributed by atoms with Gasteiger partial charge in [-0.3, -0.25) is 4.79 Å². The molecule has 0 unspecified atom stereocenters. The number of carbonyl (C=O) groups excluding carboxylic acids is 2. The number of methoxy groups -OCH3 is 1. The van der Waals surface area contributed by atoms with Crippen LogP contribution < -0.4 is 5.32 Å². The number of esters is 1. The van der Waals surface area contributed by atoms with E-state index in [0.29, 0.717) is 16.9 Å². The molecule has 1 aliphatic heterocycles. The van der Waals surface area contributed by atoms with Gasteiger partial charge in [-0.25, -0.2) is 14.2 Å². The Morgan fingerprint density at radius 3 is 2.84 bits per heavy atom. The van der Waals surface area contributed by atoms with E-state index in [0.717, 1.165) is 5.39 Å². The van der Waals surface area contributed by atoms with E-state index in [-0.39, 0.29) is 30.4 Å². The number of aromatic amines is 1. The van der Waals surface area contributed by atoms with Crippen LogP contribution in [0.3, 0.4) is 0 Å². The van der Waals surface area contributed by atoms with Gasteiger partial charge in [0.15, 0.2) is 11.3 Å². The van der Waals surface area contributed by atoms with Gasteiger partial charge in [-0.2, -0.15) is 0 Å². The minimum atomic E-state index is -0.851. The second kappa shape index (κ2) is 8.80. The average Bonchev–Trinajstić information content (AvgIpc) is 3.31. The van der Waals surface area contributed by atoms with Crippen LogP contribution >= 0.6 is 0 Å². The predicted octanol–water partition coefficient (Wildman–Crippen LogP) is 3.16. The molecule has 3 heterocycles. The lowest BCUT2D eigenvalue weighted by molar-refractivity contribution is -0.141. The lowest BCUT2D eigenvalue weighted by Crippen LogP contribution is -2.18. The summed E-state index contributed by atoms with van der Waals surface area (Å²) in [5, 5.41) is 3.63. The molecule has 0 radical (unpaired) electrons. The molecule has 8 nitrogen and oxygen atoms in total. The summed E-state index contributed by atoms with van der Waals surface area (Å²) < 4.78 is 28.9. The van der Waals surface area contributed by atoms with Gasteiger partial charge in [0.25, 0.3) is 0 Å². The lowest BCUT2D eigenvalue weighted by Gasteiger charge is -2.09. The molecule has 4 rings (SSSR count). The number of hydrogen-bond donors (Lipinski definition) is 2. The second-order valence-corrected chi connectivity index (χ2v) is 6.55. The van der Waals surface area contributed by atoms with Crippen LogP contribution in [0.5, 0.6) is 0 Å². The minimum Gasteiger partial charge on any atom is -0.459 e. The number of anilines is 1. The SMILES string of the molecule is COCCOC(=O)C1=C(Nc2ccc(F)cc2)O/C(=C\c2c[nH]c3ncccc23)C1=O. The molecule has 0 saturated carbocycles. The highest BCUT2D eigenvalue weighted by Gasteiger charge is 2.37. The summed E-state index contributed by atoms with van der Waals surface area (Å²) in [6.45, 7) is 0.156. The third kappa shape index (κ3) is 4.31. The summed E-state index contributed by atoms with van der Waals surface area (Å²) in [6.07, 6.45) is 4.85. The van der Waals surface area contributed by atoms with E-state index < -0.39 is 17.6 Å². The highest BCUT2D eigenvalue weighted by atomic mass is 19.1. The number of nitrogens with zero attached hydrogens (tertiary/aromatic N) is 1. The maximum atomic E-state index is 13.2. The zero-order valence-electron chi connectivity index (χ0n) is 16.5. The number of pyridine rings is 1. The number of fused-ring (bicyclic) bond motifs is 1. The summed E-state index contributed by atoms with van der Waals surface area (Å²) >= 11 is 0. The largest absolute Gasteiger partial charge is 0.459 e. The molecular weight excluding hydrogens is 405 g/mol. The number of ketones is 1.